The fraction of sp³-hybridized carbons (Fsp3) is 0.0909. The lowest BCUT2D eigenvalue weighted by Gasteiger charge is -2.16. The Bertz CT molecular complexity index is 346. The third-order valence-electron chi connectivity index (χ3n) is 1.94. The minimum Gasteiger partial charge on any atom is -0.314 e. The molecule has 3 heteroatoms. The number of aromatic nitrogens is 2. The van der Waals surface area contributed by atoms with Gasteiger partial charge in [-0.2, -0.15) is 0 Å². The molecule has 0 aliphatic heterocycles. The molecule has 0 saturated carbocycles. The maximum absolute atomic E-state index is 4.23. The Hall–Kier alpha value is -1.90. The van der Waals surface area contributed by atoms with Gasteiger partial charge in [0.1, 0.15) is 11.6 Å². The van der Waals surface area contributed by atoms with Crippen LogP contribution in [0.15, 0.2) is 42.7 Å². The van der Waals surface area contributed by atoms with Gasteiger partial charge in [-0.1, -0.05) is 6.07 Å². The minimum absolute atomic E-state index is 0.863. The van der Waals surface area contributed by atoms with E-state index in [0.29, 0.717) is 0 Å². The summed E-state index contributed by atoms with van der Waals surface area (Å²) in [6.07, 6.45) is 3.41. The van der Waals surface area contributed by atoms with Crippen LogP contribution in [0.5, 0.6) is 0 Å². The largest absolute Gasteiger partial charge is 0.314 e. The van der Waals surface area contributed by atoms with Gasteiger partial charge in [0.2, 0.25) is 0 Å². The van der Waals surface area contributed by atoms with Gasteiger partial charge in [0, 0.05) is 25.5 Å². The van der Waals surface area contributed by atoms with E-state index in [1.54, 1.807) is 12.4 Å². The molecule has 3 nitrogen and oxygen atoms in total. The van der Waals surface area contributed by atoms with Gasteiger partial charge in [-0.3, -0.25) is 0 Å². The molecule has 2 rings (SSSR count). The van der Waals surface area contributed by atoms with Gasteiger partial charge in [0.25, 0.3) is 0 Å². The highest BCUT2D eigenvalue weighted by atomic mass is 15.2. The summed E-state index contributed by atoms with van der Waals surface area (Å²) in [6, 6.07) is 12.4. The molecule has 0 atom stereocenters. The summed E-state index contributed by atoms with van der Waals surface area (Å²) in [4.78, 5) is 10.3. The lowest BCUT2D eigenvalue weighted by Crippen LogP contribution is -2.11. The molecule has 14 heavy (non-hydrogen) atoms. The summed E-state index contributed by atoms with van der Waals surface area (Å²) >= 11 is 0. The van der Waals surface area contributed by atoms with Crippen molar-refractivity contribution >= 4 is 11.6 Å². The Morgan fingerprint density at radius 3 is 2.64 bits per heavy atom. The van der Waals surface area contributed by atoms with Gasteiger partial charge >= 0.3 is 0 Å². The predicted molar refractivity (Wildman–Crippen MR) is 55.4 cm³/mol. The van der Waals surface area contributed by atoms with Crippen LogP contribution in [0.3, 0.4) is 0 Å². The fourth-order valence-corrected chi connectivity index (χ4v) is 1.18. The van der Waals surface area contributed by atoms with Gasteiger partial charge in [0.05, 0.1) is 0 Å². The van der Waals surface area contributed by atoms with Crippen LogP contribution in [0.4, 0.5) is 11.6 Å². The lowest BCUT2D eigenvalue weighted by atomic mass is 10.4. The van der Waals surface area contributed by atoms with Crippen LogP contribution >= 0.6 is 0 Å². The average molecular weight is 184 g/mol. The van der Waals surface area contributed by atoms with Gasteiger partial charge in [0.15, 0.2) is 0 Å². The molecule has 0 aromatic carbocycles. The number of pyridine rings is 2. The maximum atomic E-state index is 4.23. The number of hydrogen-bond acceptors (Lipinski definition) is 3. The zero-order chi connectivity index (χ0) is 9.80. The molecule has 0 saturated heterocycles. The molecule has 69 valence electrons. The first-order chi connectivity index (χ1) is 6.88. The van der Waals surface area contributed by atoms with E-state index in [2.05, 4.69) is 16.0 Å². The first-order valence-electron chi connectivity index (χ1n) is 4.35. The molecule has 0 fully saturated rings. The van der Waals surface area contributed by atoms with E-state index in [-0.39, 0.29) is 0 Å². The van der Waals surface area contributed by atoms with E-state index < -0.39 is 0 Å². The molecule has 0 amide bonds. The summed E-state index contributed by atoms with van der Waals surface area (Å²) in [6.45, 7) is 0. The van der Waals surface area contributed by atoms with E-state index in [4.69, 9.17) is 0 Å². The van der Waals surface area contributed by atoms with Crippen molar-refractivity contribution in [2.45, 2.75) is 0 Å². The van der Waals surface area contributed by atoms with Crippen LogP contribution in [0, 0.1) is 6.07 Å². The van der Waals surface area contributed by atoms with E-state index in [1.807, 2.05) is 42.3 Å². The SMILES string of the molecule is CN(c1cc[c]cn1)c1ccccn1. The summed E-state index contributed by atoms with van der Waals surface area (Å²) in [7, 11) is 1.94. The standard InChI is InChI=1S/C11H10N3/c1-14(10-6-2-4-8-12-10)11-7-3-5-9-13-11/h2-4,6-9H,1H3. The third kappa shape index (κ3) is 1.71. The van der Waals surface area contributed by atoms with Gasteiger partial charge in [-0.25, -0.2) is 9.97 Å². The molecule has 0 bridgehead atoms. The van der Waals surface area contributed by atoms with Crippen LogP contribution in [-0.2, 0) is 0 Å². The summed E-state index contributed by atoms with van der Waals surface area (Å²) in [5.74, 6) is 1.74. The second-order valence-corrected chi connectivity index (χ2v) is 2.86. The molecule has 1 radical (unpaired) electrons. The van der Waals surface area contributed by atoms with Crippen LogP contribution in [0.1, 0.15) is 0 Å². The van der Waals surface area contributed by atoms with Crippen LogP contribution in [0.25, 0.3) is 0 Å². The van der Waals surface area contributed by atoms with Crippen LogP contribution in [0.2, 0.25) is 0 Å². The Balaban J connectivity index is 2.30. The molecular weight excluding hydrogens is 174 g/mol. The highest BCUT2D eigenvalue weighted by molar-refractivity contribution is 5.53. The van der Waals surface area contributed by atoms with Crippen molar-refractivity contribution in [2.75, 3.05) is 11.9 Å². The monoisotopic (exact) mass is 184 g/mol. The second-order valence-electron chi connectivity index (χ2n) is 2.86. The maximum Gasteiger partial charge on any atom is 0.133 e. The molecular formula is C11H10N3. The van der Waals surface area contributed by atoms with Crippen molar-refractivity contribution in [1.82, 2.24) is 9.97 Å². The van der Waals surface area contributed by atoms with Gasteiger partial charge < -0.3 is 4.90 Å². The highest BCUT2D eigenvalue weighted by Gasteiger charge is 2.03. The first-order valence-corrected chi connectivity index (χ1v) is 4.35. The molecule has 2 heterocycles. The minimum atomic E-state index is 0.863. The zero-order valence-electron chi connectivity index (χ0n) is 7.88. The second kappa shape index (κ2) is 3.87. The van der Waals surface area contributed by atoms with Crippen molar-refractivity contribution in [3.05, 3.63) is 48.8 Å². The topological polar surface area (TPSA) is 29.0 Å². The zero-order valence-corrected chi connectivity index (χ0v) is 7.88. The first kappa shape index (κ1) is 8.69. The Morgan fingerprint density at radius 2 is 2.00 bits per heavy atom. The number of rotatable bonds is 2. The molecule has 0 unspecified atom stereocenters. The van der Waals surface area contributed by atoms with Crippen LogP contribution < -0.4 is 4.90 Å². The van der Waals surface area contributed by atoms with E-state index in [9.17, 15) is 0 Å². The van der Waals surface area contributed by atoms with E-state index in [1.165, 1.54) is 0 Å². The molecule has 0 N–H and O–H groups in total. The quantitative estimate of drug-likeness (QED) is 0.715. The Kier molecular flexibility index (Phi) is 2.40. The van der Waals surface area contributed by atoms with Crippen molar-refractivity contribution in [2.24, 2.45) is 0 Å². The van der Waals surface area contributed by atoms with E-state index >= 15 is 0 Å². The van der Waals surface area contributed by atoms with Crippen LogP contribution in [-0.4, -0.2) is 17.0 Å². The van der Waals surface area contributed by atoms with Crippen molar-refractivity contribution in [1.29, 1.82) is 0 Å². The summed E-state index contributed by atoms with van der Waals surface area (Å²) in [5, 5.41) is 0. The van der Waals surface area contributed by atoms with Gasteiger partial charge in [-0.05, 0) is 24.3 Å². The van der Waals surface area contributed by atoms with Crippen molar-refractivity contribution in [3.8, 4) is 0 Å². The number of hydrogen-bond donors (Lipinski definition) is 0. The highest BCUT2D eigenvalue weighted by Crippen LogP contribution is 2.16. The fourth-order valence-electron chi connectivity index (χ4n) is 1.18. The van der Waals surface area contributed by atoms with Crippen molar-refractivity contribution < 1.29 is 0 Å². The number of anilines is 2. The third-order valence-corrected chi connectivity index (χ3v) is 1.94. The molecule has 0 spiro atoms. The van der Waals surface area contributed by atoms with Gasteiger partial charge in [-0.15, -0.1) is 0 Å². The number of nitrogens with zero attached hydrogens (tertiary/aromatic N) is 3. The van der Waals surface area contributed by atoms with Crippen molar-refractivity contribution in [3.63, 3.8) is 0 Å². The predicted octanol–water partition coefficient (Wildman–Crippen LogP) is 2.04. The molecule has 0 aliphatic carbocycles. The summed E-state index contributed by atoms with van der Waals surface area (Å²) in [5.41, 5.74) is 0. The normalized spacial score (nSPS) is 9.79. The Morgan fingerprint density at radius 1 is 1.14 bits per heavy atom. The molecule has 2 aromatic rings. The lowest BCUT2D eigenvalue weighted by molar-refractivity contribution is 1.08. The smallest absolute Gasteiger partial charge is 0.133 e. The van der Waals surface area contributed by atoms with E-state index in [0.717, 1.165) is 11.6 Å². The Labute approximate surface area is 83.1 Å². The molecule has 0 aliphatic rings. The average Bonchev–Trinajstić information content (AvgIpc) is 2.30. The molecule has 2 aromatic heterocycles. The summed E-state index contributed by atoms with van der Waals surface area (Å²) < 4.78 is 0.